The van der Waals surface area contributed by atoms with Crippen molar-refractivity contribution in [2.75, 3.05) is 5.73 Å². The Bertz CT molecular complexity index is 303. The van der Waals surface area contributed by atoms with Crippen LogP contribution in [0.5, 0.6) is 0 Å². The monoisotopic (exact) mass is 153 g/mol. The van der Waals surface area contributed by atoms with Crippen molar-refractivity contribution in [2.24, 2.45) is 0 Å². The summed E-state index contributed by atoms with van der Waals surface area (Å²) in [6.45, 7) is 3.78. The lowest BCUT2D eigenvalue weighted by Crippen LogP contribution is -2.26. The summed E-state index contributed by atoms with van der Waals surface area (Å²) in [5.74, 6) is 0.458. The van der Waals surface area contributed by atoms with E-state index in [0.29, 0.717) is 5.82 Å². The van der Waals surface area contributed by atoms with Gasteiger partial charge in [0.05, 0.1) is 0 Å². The van der Waals surface area contributed by atoms with Gasteiger partial charge in [0.15, 0.2) is 0 Å². The Balaban J connectivity index is 3.33. The van der Waals surface area contributed by atoms with Gasteiger partial charge in [-0.15, -0.1) is 0 Å². The number of rotatable bonds is 1. The Kier molecular flexibility index (Phi) is 1.94. The molecule has 0 bridgehead atoms. The highest BCUT2D eigenvalue weighted by Crippen LogP contribution is 2.04. The smallest absolute Gasteiger partial charge is 0.349 e. The number of anilines is 1. The number of hydrogen-bond donors (Lipinski definition) is 1. The summed E-state index contributed by atoms with van der Waals surface area (Å²) in [5, 5.41) is 0. The third kappa shape index (κ3) is 1.39. The largest absolute Gasteiger partial charge is 0.385 e. The Labute approximate surface area is 64.7 Å². The summed E-state index contributed by atoms with van der Waals surface area (Å²) < 4.78 is 1.44. The molecule has 0 saturated carbocycles. The van der Waals surface area contributed by atoms with Crippen molar-refractivity contribution in [1.82, 2.24) is 9.55 Å². The fourth-order valence-electron chi connectivity index (χ4n) is 0.949. The maximum Gasteiger partial charge on any atom is 0.349 e. The summed E-state index contributed by atoms with van der Waals surface area (Å²) in [6.07, 6.45) is 1.41. The molecule has 0 amide bonds. The van der Waals surface area contributed by atoms with E-state index in [1.54, 1.807) is 6.07 Å². The zero-order chi connectivity index (χ0) is 8.43. The van der Waals surface area contributed by atoms with E-state index < -0.39 is 0 Å². The van der Waals surface area contributed by atoms with Gasteiger partial charge >= 0.3 is 5.69 Å². The fraction of sp³-hybridized carbons (Fsp3) is 0.429. The molecule has 1 aromatic heterocycles. The van der Waals surface area contributed by atoms with Crippen molar-refractivity contribution in [2.45, 2.75) is 19.9 Å². The topological polar surface area (TPSA) is 60.9 Å². The van der Waals surface area contributed by atoms with Crippen molar-refractivity contribution in [1.29, 1.82) is 0 Å². The van der Waals surface area contributed by atoms with Crippen molar-refractivity contribution in [3.63, 3.8) is 0 Å². The van der Waals surface area contributed by atoms with Crippen LogP contribution in [-0.2, 0) is 0 Å². The van der Waals surface area contributed by atoms with Crippen molar-refractivity contribution in [3.05, 3.63) is 22.7 Å². The van der Waals surface area contributed by atoms with E-state index in [-0.39, 0.29) is 11.7 Å². The van der Waals surface area contributed by atoms with E-state index in [1.165, 1.54) is 10.8 Å². The molecule has 0 saturated heterocycles. The minimum atomic E-state index is -0.292. The van der Waals surface area contributed by atoms with Gasteiger partial charge in [0.1, 0.15) is 5.82 Å². The lowest BCUT2D eigenvalue weighted by atomic mass is 10.4. The lowest BCUT2D eigenvalue weighted by Gasteiger charge is -2.10. The van der Waals surface area contributed by atoms with Crippen LogP contribution in [0.4, 0.5) is 5.82 Å². The average molecular weight is 153 g/mol. The van der Waals surface area contributed by atoms with Gasteiger partial charge in [-0.1, -0.05) is 0 Å². The molecule has 0 aromatic carbocycles. The minimum absolute atomic E-state index is 0.0659. The van der Waals surface area contributed by atoms with Gasteiger partial charge in [-0.05, 0) is 19.9 Å². The van der Waals surface area contributed by atoms with Crippen molar-refractivity contribution in [3.8, 4) is 0 Å². The number of nitrogens with two attached hydrogens (primary N) is 1. The first kappa shape index (κ1) is 7.78. The molecular weight excluding hydrogens is 142 g/mol. The number of nitrogen functional groups attached to an aromatic ring is 1. The van der Waals surface area contributed by atoms with Crippen molar-refractivity contribution >= 4 is 5.82 Å². The minimum Gasteiger partial charge on any atom is -0.385 e. The molecule has 4 nitrogen and oxygen atoms in total. The normalized spacial score (nSPS) is 10.5. The summed E-state index contributed by atoms with van der Waals surface area (Å²) >= 11 is 0. The Morgan fingerprint density at radius 2 is 2.27 bits per heavy atom. The van der Waals surface area contributed by atoms with Crippen LogP contribution >= 0.6 is 0 Å². The molecule has 0 aliphatic heterocycles. The third-order valence-corrected chi connectivity index (χ3v) is 1.43. The second kappa shape index (κ2) is 2.74. The zero-order valence-corrected chi connectivity index (χ0v) is 6.61. The summed E-state index contributed by atoms with van der Waals surface area (Å²) in [7, 11) is 0. The molecule has 0 aliphatic rings. The molecule has 0 fully saturated rings. The Hall–Kier alpha value is -1.32. The molecule has 1 aromatic rings. The van der Waals surface area contributed by atoms with E-state index in [1.807, 2.05) is 13.8 Å². The van der Waals surface area contributed by atoms with Gasteiger partial charge in [0, 0.05) is 12.2 Å². The van der Waals surface area contributed by atoms with Gasteiger partial charge in [0.2, 0.25) is 0 Å². The second-order valence-corrected chi connectivity index (χ2v) is 2.62. The first-order chi connectivity index (χ1) is 5.13. The Morgan fingerprint density at radius 1 is 1.64 bits per heavy atom. The van der Waals surface area contributed by atoms with Gasteiger partial charge in [0.25, 0.3) is 0 Å². The number of nitrogens with zero attached hydrogens (tertiary/aromatic N) is 2. The first-order valence-electron chi connectivity index (χ1n) is 3.46. The predicted octanol–water partition coefficient (Wildman–Crippen LogP) is 0.406. The first-order valence-corrected chi connectivity index (χ1v) is 3.46. The van der Waals surface area contributed by atoms with E-state index in [0.717, 1.165) is 0 Å². The van der Waals surface area contributed by atoms with Crippen LogP contribution < -0.4 is 11.4 Å². The summed E-state index contributed by atoms with van der Waals surface area (Å²) in [6, 6.07) is 1.68. The van der Waals surface area contributed by atoms with E-state index in [9.17, 15) is 4.79 Å². The van der Waals surface area contributed by atoms with E-state index in [2.05, 4.69) is 4.98 Å². The molecular formula is C7H11N3O. The van der Waals surface area contributed by atoms with Gasteiger partial charge in [-0.2, -0.15) is 0 Å². The highest BCUT2D eigenvalue weighted by atomic mass is 16.1. The fourth-order valence-corrected chi connectivity index (χ4v) is 0.949. The van der Waals surface area contributed by atoms with Crippen molar-refractivity contribution < 1.29 is 0 Å². The van der Waals surface area contributed by atoms with Gasteiger partial charge in [-0.3, -0.25) is 4.57 Å². The third-order valence-electron chi connectivity index (χ3n) is 1.43. The molecule has 11 heavy (non-hydrogen) atoms. The van der Waals surface area contributed by atoms with Crippen LogP contribution in [-0.4, -0.2) is 9.55 Å². The van der Waals surface area contributed by atoms with Crippen LogP contribution in [0.2, 0.25) is 0 Å². The molecule has 2 N–H and O–H groups in total. The van der Waals surface area contributed by atoms with Crippen LogP contribution in [0, 0.1) is 0 Å². The van der Waals surface area contributed by atoms with Crippen LogP contribution in [0.25, 0.3) is 0 Å². The SMILES string of the molecule is CC(C)n1c(N)ccnc1=O. The molecule has 0 aliphatic carbocycles. The number of hydrogen-bond acceptors (Lipinski definition) is 3. The molecule has 60 valence electrons. The molecule has 0 radical (unpaired) electrons. The van der Waals surface area contributed by atoms with E-state index >= 15 is 0 Å². The predicted molar refractivity (Wildman–Crippen MR) is 43.3 cm³/mol. The average Bonchev–Trinajstić information content (AvgIpc) is 1.85. The molecule has 0 atom stereocenters. The molecule has 0 spiro atoms. The van der Waals surface area contributed by atoms with E-state index in [4.69, 9.17) is 5.73 Å². The zero-order valence-electron chi connectivity index (χ0n) is 6.61. The van der Waals surface area contributed by atoms with Crippen LogP contribution in [0.15, 0.2) is 17.1 Å². The summed E-state index contributed by atoms with van der Waals surface area (Å²) in [5.41, 5.74) is 5.25. The Morgan fingerprint density at radius 3 is 2.64 bits per heavy atom. The molecule has 0 unspecified atom stereocenters. The highest BCUT2D eigenvalue weighted by molar-refractivity contribution is 5.26. The molecule has 1 rings (SSSR count). The second-order valence-electron chi connectivity index (χ2n) is 2.62. The standard InChI is InChI=1S/C7H11N3O/c1-5(2)10-6(8)3-4-9-7(10)11/h3-5H,8H2,1-2H3. The summed E-state index contributed by atoms with van der Waals surface area (Å²) in [4.78, 5) is 14.6. The van der Waals surface area contributed by atoms with Gasteiger partial charge < -0.3 is 5.73 Å². The maximum absolute atomic E-state index is 11.1. The van der Waals surface area contributed by atoms with Crippen LogP contribution in [0.3, 0.4) is 0 Å². The molecule has 1 heterocycles. The number of aromatic nitrogens is 2. The van der Waals surface area contributed by atoms with Crippen LogP contribution in [0.1, 0.15) is 19.9 Å². The highest BCUT2D eigenvalue weighted by Gasteiger charge is 2.03. The molecule has 4 heteroatoms. The maximum atomic E-state index is 11.1. The van der Waals surface area contributed by atoms with Gasteiger partial charge in [-0.25, -0.2) is 9.78 Å². The quantitative estimate of drug-likeness (QED) is 0.635. The lowest BCUT2D eigenvalue weighted by molar-refractivity contribution is 0.573.